The first-order chi connectivity index (χ1) is 10.2. The molecule has 118 valence electrons. The van der Waals surface area contributed by atoms with E-state index in [4.69, 9.17) is 0 Å². The SMILES string of the molecule is C=C[C@H](CC(CC)CCCC)[C@H](O)CCc1ccccc1. The van der Waals surface area contributed by atoms with Crippen LogP contribution in [0.3, 0.4) is 0 Å². The Morgan fingerprint density at radius 2 is 1.86 bits per heavy atom. The van der Waals surface area contributed by atoms with Crippen LogP contribution in [0.2, 0.25) is 0 Å². The van der Waals surface area contributed by atoms with Gasteiger partial charge in [-0.3, -0.25) is 0 Å². The molecular weight excluding hydrogens is 256 g/mol. The molecule has 0 spiro atoms. The third kappa shape index (κ3) is 6.95. The molecule has 1 nitrogen and oxygen atoms in total. The van der Waals surface area contributed by atoms with Crippen molar-refractivity contribution in [3.63, 3.8) is 0 Å². The van der Waals surface area contributed by atoms with Gasteiger partial charge in [-0.1, -0.05) is 75.9 Å². The van der Waals surface area contributed by atoms with Gasteiger partial charge in [0.25, 0.3) is 0 Å². The van der Waals surface area contributed by atoms with Crippen LogP contribution < -0.4 is 0 Å². The minimum atomic E-state index is -0.265. The van der Waals surface area contributed by atoms with Crippen molar-refractivity contribution in [2.24, 2.45) is 11.8 Å². The highest BCUT2D eigenvalue weighted by molar-refractivity contribution is 5.14. The van der Waals surface area contributed by atoms with Crippen molar-refractivity contribution in [3.8, 4) is 0 Å². The molecular formula is C20H32O. The lowest BCUT2D eigenvalue weighted by molar-refractivity contribution is 0.106. The first-order valence-corrected chi connectivity index (χ1v) is 8.55. The molecule has 0 heterocycles. The molecule has 0 saturated heterocycles. The van der Waals surface area contributed by atoms with Gasteiger partial charge in [0.15, 0.2) is 0 Å². The molecule has 1 rings (SSSR count). The zero-order valence-electron chi connectivity index (χ0n) is 13.8. The van der Waals surface area contributed by atoms with E-state index < -0.39 is 0 Å². The summed E-state index contributed by atoms with van der Waals surface area (Å²) in [6.07, 6.45) is 9.58. The molecule has 0 radical (unpaired) electrons. The molecule has 1 N–H and O–H groups in total. The van der Waals surface area contributed by atoms with E-state index in [1.807, 2.05) is 12.1 Å². The second-order valence-corrected chi connectivity index (χ2v) is 6.14. The molecule has 0 saturated carbocycles. The third-order valence-corrected chi connectivity index (χ3v) is 4.52. The van der Waals surface area contributed by atoms with Gasteiger partial charge in [-0.05, 0) is 30.7 Å². The van der Waals surface area contributed by atoms with Gasteiger partial charge in [0.1, 0.15) is 0 Å². The van der Waals surface area contributed by atoms with E-state index in [1.165, 1.54) is 31.2 Å². The molecule has 1 aromatic rings. The van der Waals surface area contributed by atoms with Crippen molar-refractivity contribution in [1.82, 2.24) is 0 Å². The van der Waals surface area contributed by atoms with Gasteiger partial charge in [0.05, 0.1) is 6.10 Å². The summed E-state index contributed by atoms with van der Waals surface area (Å²) in [5.74, 6) is 0.954. The maximum atomic E-state index is 10.5. The fraction of sp³-hybridized carbons (Fsp3) is 0.600. The Morgan fingerprint density at radius 1 is 1.14 bits per heavy atom. The summed E-state index contributed by atoms with van der Waals surface area (Å²) in [6, 6.07) is 10.4. The topological polar surface area (TPSA) is 20.2 Å². The normalized spacial score (nSPS) is 15.4. The Kier molecular flexibility index (Phi) is 9.09. The van der Waals surface area contributed by atoms with E-state index in [2.05, 4.69) is 44.7 Å². The molecule has 21 heavy (non-hydrogen) atoms. The van der Waals surface area contributed by atoms with E-state index in [0.717, 1.165) is 25.2 Å². The summed E-state index contributed by atoms with van der Waals surface area (Å²) in [7, 11) is 0. The van der Waals surface area contributed by atoms with Gasteiger partial charge in [-0.25, -0.2) is 0 Å². The molecule has 0 aliphatic heterocycles. The van der Waals surface area contributed by atoms with E-state index in [9.17, 15) is 5.11 Å². The summed E-state index contributed by atoms with van der Waals surface area (Å²) in [6.45, 7) is 8.45. The van der Waals surface area contributed by atoms with Crippen molar-refractivity contribution in [2.75, 3.05) is 0 Å². The monoisotopic (exact) mass is 288 g/mol. The van der Waals surface area contributed by atoms with E-state index in [0.29, 0.717) is 0 Å². The predicted octanol–water partition coefficient (Wildman–Crippen LogP) is 5.39. The van der Waals surface area contributed by atoms with Crippen LogP contribution in [-0.2, 0) is 6.42 Å². The van der Waals surface area contributed by atoms with Gasteiger partial charge in [0.2, 0.25) is 0 Å². The minimum Gasteiger partial charge on any atom is -0.393 e. The lowest BCUT2D eigenvalue weighted by Gasteiger charge is -2.24. The second-order valence-electron chi connectivity index (χ2n) is 6.14. The van der Waals surface area contributed by atoms with Crippen LogP contribution in [0.4, 0.5) is 0 Å². The summed E-state index contributed by atoms with van der Waals surface area (Å²) in [5.41, 5.74) is 1.30. The molecule has 3 atom stereocenters. The van der Waals surface area contributed by atoms with Gasteiger partial charge in [-0.15, -0.1) is 6.58 Å². The standard InChI is InChI=1S/C20H32O/c1-4-7-11-17(5-2)16-19(6-3)20(21)15-14-18-12-9-8-10-13-18/h6,8-10,12-13,17,19-21H,3-5,7,11,14-16H2,1-2H3/t17?,19-,20-/m1/s1. The minimum absolute atomic E-state index is 0.232. The van der Waals surface area contributed by atoms with E-state index in [1.54, 1.807) is 0 Å². The summed E-state index contributed by atoms with van der Waals surface area (Å²) >= 11 is 0. The maximum absolute atomic E-state index is 10.5. The van der Waals surface area contributed by atoms with Gasteiger partial charge < -0.3 is 5.11 Å². The van der Waals surface area contributed by atoms with E-state index in [-0.39, 0.29) is 12.0 Å². The first kappa shape index (κ1) is 18.0. The molecule has 0 amide bonds. The molecule has 1 aromatic carbocycles. The van der Waals surface area contributed by atoms with Crippen LogP contribution in [0, 0.1) is 11.8 Å². The number of aryl methyl sites for hydroxylation is 1. The second kappa shape index (κ2) is 10.6. The Balaban J connectivity index is 2.44. The Bertz CT molecular complexity index is 371. The third-order valence-electron chi connectivity index (χ3n) is 4.52. The number of rotatable bonds is 11. The van der Waals surface area contributed by atoms with Crippen LogP contribution in [0.1, 0.15) is 57.9 Å². The smallest absolute Gasteiger partial charge is 0.0606 e. The first-order valence-electron chi connectivity index (χ1n) is 8.55. The molecule has 1 heteroatoms. The van der Waals surface area contributed by atoms with Gasteiger partial charge >= 0.3 is 0 Å². The average molecular weight is 288 g/mol. The Labute approximate surface area is 131 Å². The maximum Gasteiger partial charge on any atom is 0.0606 e. The summed E-state index contributed by atoms with van der Waals surface area (Å²) in [4.78, 5) is 0. The highest BCUT2D eigenvalue weighted by atomic mass is 16.3. The van der Waals surface area contributed by atoms with Crippen molar-refractivity contribution in [1.29, 1.82) is 0 Å². The number of unbranched alkanes of at least 4 members (excludes halogenated alkanes) is 1. The zero-order valence-corrected chi connectivity index (χ0v) is 13.8. The van der Waals surface area contributed by atoms with Crippen molar-refractivity contribution >= 4 is 0 Å². The molecule has 0 fully saturated rings. The molecule has 0 aliphatic carbocycles. The molecule has 0 aliphatic rings. The Hall–Kier alpha value is -1.08. The zero-order chi connectivity index (χ0) is 15.5. The van der Waals surface area contributed by atoms with Crippen LogP contribution in [0.25, 0.3) is 0 Å². The fourth-order valence-electron chi connectivity index (χ4n) is 2.95. The summed E-state index contributed by atoms with van der Waals surface area (Å²) < 4.78 is 0. The highest BCUT2D eigenvalue weighted by Gasteiger charge is 2.19. The lowest BCUT2D eigenvalue weighted by Crippen LogP contribution is -2.22. The van der Waals surface area contributed by atoms with Gasteiger partial charge in [-0.2, -0.15) is 0 Å². The largest absolute Gasteiger partial charge is 0.393 e. The fourth-order valence-corrected chi connectivity index (χ4v) is 2.95. The Morgan fingerprint density at radius 3 is 2.43 bits per heavy atom. The predicted molar refractivity (Wildman–Crippen MR) is 92.4 cm³/mol. The van der Waals surface area contributed by atoms with Crippen LogP contribution in [0.15, 0.2) is 43.0 Å². The molecule has 0 aromatic heterocycles. The van der Waals surface area contributed by atoms with E-state index >= 15 is 0 Å². The number of hydrogen-bond acceptors (Lipinski definition) is 1. The highest BCUT2D eigenvalue weighted by Crippen LogP contribution is 2.26. The molecule has 1 unspecified atom stereocenters. The number of aliphatic hydroxyl groups is 1. The van der Waals surface area contributed by atoms with Crippen molar-refractivity contribution in [2.45, 2.75) is 64.9 Å². The van der Waals surface area contributed by atoms with Crippen molar-refractivity contribution in [3.05, 3.63) is 48.6 Å². The number of hydrogen-bond donors (Lipinski definition) is 1. The van der Waals surface area contributed by atoms with Crippen LogP contribution >= 0.6 is 0 Å². The van der Waals surface area contributed by atoms with Crippen LogP contribution in [0.5, 0.6) is 0 Å². The van der Waals surface area contributed by atoms with Crippen LogP contribution in [-0.4, -0.2) is 11.2 Å². The quantitative estimate of drug-likeness (QED) is 0.541. The van der Waals surface area contributed by atoms with Crippen molar-refractivity contribution < 1.29 is 5.11 Å². The number of aliphatic hydroxyl groups excluding tert-OH is 1. The average Bonchev–Trinajstić information content (AvgIpc) is 2.54. The molecule has 0 bridgehead atoms. The van der Waals surface area contributed by atoms with Gasteiger partial charge in [0, 0.05) is 5.92 Å². The summed E-state index contributed by atoms with van der Waals surface area (Å²) in [5, 5.41) is 10.5. The lowest BCUT2D eigenvalue weighted by atomic mass is 9.84. The number of benzene rings is 1.